The van der Waals surface area contributed by atoms with Gasteiger partial charge in [-0.05, 0) is 23.8 Å². The fourth-order valence-corrected chi connectivity index (χ4v) is 3.24. The lowest BCUT2D eigenvalue weighted by atomic mass is 9.98. The van der Waals surface area contributed by atoms with E-state index in [1.165, 1.54) is 6.08 Å². The number of rotatable bonds is 7. The summed E-state index contributed by atoms with van der Waals surface area (Å²) >= 11 is 1.66. The Morgan fingerprint density at radius 2 is 2.08 bits per heavy atom. The van der Waals surface area contributed by atoms with Crippen molar-refractivity contribution in [3.8, 4) is 0 Å². The molecule has 0 fully saturated rings. The molecule has 2 N–H and O–H groups in total. The van der Waals surface area contributed by atoms with E-state index < -0.39 is 0 Å². The van der Waals surface area contributed by atoms with Crippen molar-refractivity contribution in [1.82, 2.24) is 10.3 Å². The van der Waals surface area contributed by atoms with Crippen LogP contribution < -0.4 is 10.6 Å². The summed E-state index contributed by atoms with van der Waals surface area (Å²) in [4.78, 5) is 28.1. The quantitative estimate of drug-likeness (QED) is 0.732. The van der Waals surface area contributed by atoms with E-state index in [0.29, 0.717) is 18.7 Å². The van der Waals surface area contributed by atoms with Gasteiger partial charge in [0, 0.05) is 29.4 Å². The number of anilines is 1. The highest BCUT2D eigenvalue weighted by molar-refractivity contribution is 7.09. The van der Waals surface area contributed by atoms with Crippen LogP contribution in [0.25, 0.3) is 0 Å². The summed E-state index contributed by atoms with van der Waals surface area (Å²) in [6, 6.07) is 7.23. The van der Waals surface area contributed by atoms with Crippen LogP contribution in [0.15, 0.2) is 42.3 Å². The van der Waals surface area contributed by atoms with Crippen LogP contribution in [0.5, 0.6) is 0 Å². The van der Waals surface area contributed by atoms with Crippen molar-refractivity contribution >= 4 is 28.8 Å². The molecule has 0 unspecified atom stereocenters. The Labute approximate surface area is 158 Å². The number of carbonyl (C=O) groups excluding carboxylic acids is 2. The Kier molecular flexibility index (Phi) is 6.69. The number of hydrogen-bond donors (Lipinski definition) is 2. The summed E-state index contributed by atoms with van der Waals surface area (Å²) < 4.78 is 0. The zero-order chi connectivity index (χ0) is 19.2. The van der Waals surface area contributed by atoms with E-state index in [2.05, 4.69) is 48.3 Å². The molecule has 26 heavy (non-hydrogen) atoms. The molecule has 0 aliphatic heterocycles. The number of nitrogens with zero attached hydrogens (tertiary/aromatic N) is 1. The second kappa shape index (κ2) is 8.76. The molecule has 0 aliphatic carbocycles. The molecule has 0 atom stereocenters. The van der Waals surface area contributed by atoms with Gasteiger partial charge in [0.15, 0.2) is 0 Å². The molecule has 5 nitrogen and oxygen atoms in total. The van der Waals surface area contributed by atoms with Gasteiger partial charge in [0.1, 0.15) is 0 Å². The van der Waals surface area contributed by atoms with E-state index in [1.54, 1.807) is 23.5 Å². The van der Waals surface area contributed by atoms with Gasteiger partial charge >= 0.3 is 0 Å². The molecular formula is C20H25N3O2S. The summed E-state index contributed by atoms with van der Waals surface area (Å²) in [5.74, 6) is -0.326. The maximum absolute atomic E-state index is 12.1. The van der Waals surface area contributed by atoms with Gasteiger partial charge in [-0.15, -0.1) is 11.3 Å². The first-order chi connectivity index (χ1) is 12.3. The first-order valence-electron chi connectivity index (χ1n) is 8.52. The van der Waals surface area contributed by atoms with E-state index in [-0.39, 0.29) is 23.7 Å². The van der Waals surface area contributed by atoms with Crippen molar-refractivity contribution in [3.05, 3.63) is 58.6 Å². The highest BCUT2D eigenvalue weighted by Gasteiger charge is 2.17. The fraction of sp³-hybridized carbons (Fsp3) is 0.350. The number of amides is 2. The number of carbonyl (C=O) groups is 2. The second-order valence-corrected chi connectivity index (χ2v) is 7.92. The van der Waals surface area contributed by atoms with Crippen LogP contribution in [0.4, 0.5) is 5.69 Å². The molecule has 0 spiro atoms. The van der Waals surface area contributed by atoms with E-state index in [4.69, 9.17) is 0 Å². The Balaban J connectivity index is 1.82. The number of aromatic nitrogens is 1. The lowest BCUT2D eigenvalue weighted by molar-refractivity contribution is -0.120. The Bertz CT molecular complexity index is 790. The molecule has 6 heteroatoms. The maximum Gasteiger partial charge on any atom is 0.247 e. The van der Waals surface area contributed by atoms with Gasteiger partial charge in [0.2, 0.25) is 11.8 Å². The van der Waals surface area contributed by atoms with Crippen molar-refractivity contribution in [3.63, 3.8) is 0 Å². The van der Waals surface area contributed by atoms with Gasteiger partial charge in [0.25, 0.3) is 0 Å². The summed E-state index contributed by atoms with van der Waals surface area (Å²) in [6.45, 7) is 10.4. The van der Waals surface area contributed by atoms with E-state index in [1.807, 2.05) is 12.1 Å². The third-order valence-corrected chi connectivity index (χ3v) is 4.96. The highest BCUT2D eigenvalue weighted by Crippen LogP contribution is 2.25. The molecule has 0 saturated carbocycles. The van der Waals surface area contributed by atoms with Crippen molar-refractivity contribution in [1.29, 1.82) is 0 Å². The average Bonchev–Trinajstić information content (AvgIpc) is 3.04. The second-order valence-electron chi connectivity index (χ2n) is 7.06. The molecule has 2 rings (SSSR count). The van der Waals surface area contributed by atoms with Gasteiger partial charge in [-0.25, -0.2) is 4.98 Å². The lowest BCUT2D eigenvalue weighted by Crippen LogP contribution is -2.27. The monoisotopic (exact) mass is 371 g/mol. The number of nitrogens with one attached hydrogen (secondary N) is 2. The molecule has 0 radical (unpaired) electrons. The zero-order valence-corrected chi connectivity index (χ0v) is 16.3. The molecule has 1 heterocycles. The summed E-state index contributed by atoms with van der Waals surface area (Å²) in [5, 5.41) is 8.77. The van der Waals surface area contributed by atoms with Crippen LogP contribution in [-0.2, 0) is 27.8 Å². The normalized spacial score (nSPS) is 11.0. The molecule has 2 amide bonds. The van der Waals surface area contributed by atoms with Crippen LogP contribution in [0, 0.1) is 0 Å². The van der Waals surface area contributed by atoms with Crippen molar-refractivity contribution in [2.75, 3.05) is 11.9 Å². The minimum atomic E-state index is -0.274. The largest absolute Gasteiger partial charge is 0.355 e. The van der Waals surface area contributed by atoms with Gasteiger partial charge in [0.05, 0.1) is 17.1 Å². The number of benzene rings is 1. The minimum Gasteiger partial charge on any atom is -0.355 e. The van der Waals surface area contributed by atoms with Crippen LogP contribution in [0.2, 0.25) is 0 Å². The third kappa shape index (κ3) is 6.11. The van der Waals surface area contributed by atoms with Crippen molar-refractivity contribution < 1.29 is 9.59 Å². The Morgan fingerprint density at radius 3 is 2.73 bits per heavy atom. The first-order valence-corrected chi connectivity index (χ1v) is 9.40. The zero-order valence-electron chi connectivity index (χ0n) is 15.5. The van der Waals surface area contributed by atoms with Crippen molar-refractivity contribution in [2.45, 2.75) is 39.0 Å². The van der Waals surface area contributed by atoms with Crippen LogP contribution >= 0.6 is 11.3 Å². The number of thiazole rings is 1. The Morgan fingerprint density at radius 1 is 1.31 bits per heavy atom. The predicted octanol–water partition coefficient (Wildman–Crippen LogP) is 3.47. The summed E-state index contributed by atoms with van der Waals surface area (Å²) in [7, 11) is 0. The third-order valence-electron chi connectivity index (χ3n) is 3.64. The molecule has 1 aromatic carbocycles. The van der Waals surface area contributed by atoms with Crippen molar-refractivity contribution in [2.24, 2.45) is 0 Å². The predicted molar refractivity (Wildman–Crippen MR) is 107 cm³/mol. The van der Waals surface area contributed by atoms with Gasteiger partial charge in [-0.1, -0.05) is 39.5 Å². The molecular weight excluding hydrogens is 346 g/mol. The summed E-state index contributed by atoms with van der Waals surface area (Å²) in [5.41, 5.74) is 2.55. The van der Waals surface area contributed by atoms with Gasteiger partial charge in [-0.3, -0.25) is 9.59 Å². The molecule has 138 valence electrons. The lowest BCUT2D eigenvalue weighted by Gasteiger charge is -2.13. The van der Waals surface area contributed by atoms with Crippen LogP contribution in [0.3, 0.4) is 0 Å². The van der Waals surface area contributed by atoms with Gasteiger partial charge in [-0.2, -0.15) is 0 Å². The molecule has 1 aromatic heterocycles. The maximum atomic E-state index is 12.1. The minimum absolute atomic E-state index is 0.0523. The van der Waals surface area contributed by atoms with E-state index >= 15 is 0 Å². The number of hydrogen-bond acceptors (Lipinski definition) is 4. The molecule has 0 saturated heterocycles. The van der Waals surface area contributed by atoms with Gasteiger partial charge < -0.3 is 10.6 Å². The fourth-order valence-electron chi connectivity index (χ4n) is 2.30. The smallest absolute Gasteiger partial charge is 0.247 e. The average molecular weight is 372 g/mol. The SMILES string of the molecule is C=CC(=O)Nc1cccc(CC(=O)NCCc2csc(C(C)(C)C)n2)c1. The molecule has 0 bridgehead atoms. The standard InChI is InChI=1S/C20H25N3O2S/c1-5-17(24)22-15-8-6-7-14(11-15)12-18(25)21-10-9-16-13-26-19(23-16)20(2,3)4/h5-8,11,13H,1,9-10,12H2,2-4H3,(H,21,25)(H,22,24). The van der Waals surface area contributed by atoms with Crippen LogP contribution in [0.1, 0.15) is 37.0 Å². The van der Waals surface area contributed by atoms with E-state index in [9.17, 15) is 9.59 Å². The highest BCUT2D eigenvalue weighted by atomic mass is 32.1. The molecule has 2 aromatic rings. The van der Waals surface area contributed by atoms with Crippen LogP contribution in [-0.4, -0.2) is 23.3 Å². The summed E-state index contributed by atoms with van der Waals surface area (Å²) in [6.07, 6.45) is 2.19. The Hall–Kier alpha value is -2.47. The van der Waals surface area contributed by atoms with E-state index in [0.717, 1.165) is 16.3 Å². The first kappa shape index (κ1) is 19.8. The molecule has 0 aliphatic rings. The topological polar surface area (TPSA) is 71.1 Å².